The average Bonchev–Trinajstić information content (AvgIpc) is 3.37. The Kier molecular flexibility index (Phi) is 7.73. The molecule has 3 aromatic rings. The molecule has 1 unspecified atom stereocenters. The monoisotopic (exact) mass is 518 g/mol. The van der Waals surface area contributed by atoms with Crippen molar-refractivity contribution in [1.29, 1.82) is 0 Å². The topological polar surface area (TPSA) is 71.7 Å². The van der Waals surface area contributed by atoms with Crippen molar-refractivity contribution in [3.8, 4) is 17.1 Å². The lowest BCUT2D eigenvalue weighted by molar-refractivity contribution is 0.235. The van der Waals surface area contributed by atoms with Gasteiger partial charge >= 0.3 is 0 Å². The number of aromatic nitrogens is 1. The quantitative estimate of drug-likeness (QED) is 0.289. The van der Waals surface area contributed by atoms with E-state index < -0.39 is 0 Å². The Morgan fingerprint density at radius 2 is 1.93 bits per heavy atom. The van der Waals surface area contributed by atoms with Gasteiger partial charge in [-0.2, -0.15) is 0 Å². The molecule has 6 nitrogen and oxygen atoms in total. The zero-order valence-electron chi connectivity index (χ0n) is 17.2. The number of halogens is 1. The maximum Gasteiger partial charge on any atom is 0.216 e. The lowest BCUT2D eigenvalue weighted by atomic mass is 10.1. The number of aryl methyl sites for hydroxylation is 1. The first-order valence-electron chi connectivity index (χ1n) is 9.99. The second kappa shape index (κ2) is 10.5. The zero-order chi connectivity index (χ0) is 20.1. The van der Waals surface area contributed by atoms with Gasteiger partial charge in [0, 0.05) is 18.5 Å². The Hall–Kier alpha value is -2.55. The number of guanidine groups is 1. The standard InChI is InChI=1S/C23H26N4O2.HI/c1-3-24-23(26-13-19-12-18-6-4-5-7-20(18)28-19)27-15-22-25-14-21(29-22)17-10-8-16(2)9-11-17;/h4-11,14,19H,3,12-13,15H2,1-2H3,(H2,24,26,27);1H. The summed E-state index contributed by atoms with van der Waals surface area (Å²) in [5.74, 6) is 3.04. The molecule has 158 valence electrons. The van der Waals surface area contributed by atoms with Crippen molar-refractivity contribution in [2.45, 2.75) is 32.9 Å². The van der Waals surface area contributed by atoms with Gasteiger partial charge in [-0.1, -0.05) is 48.0 Å². The Bertz CT molecular complexity index is 960. The molecule has 0 bridgehead atoms. The predicted octanol–water partition coefficient (Wildman–Crippen LogP) is 4.33. The normalized spacial score (nSPS) is 15.1. The molecule has 1 aromatic heterocycles. The molecule has 0 saturated carbocycles. The molecule has 2 N–H and O–H groups in total. The van der Waals surface area contributed by atoms with E-state index in [4.69, 9.17) is 9.15 Å². The van der Waals surface area contributed by atoms with Gasteiger partial charge in [0.2, 0.25) is 5.89 Å². The first-order chi connectivity index (χ1) is 14.2. The van der Waals surface area contributed by atoms with Gasteiger partial charge in [0.1, 0.15) is 18.4 Å². The van der Waals surface area contributed by atoms with E-state index in [0.717, 1.165) is 36.0 Å². The smallest absolute Gasteiger partial charge is 0.216 e. The van der Waals surface area contributed by atoms with Crippen LogP contribution in [0, 0.1) is 6.92 Å². The van der Waals surface area contributed by atoms with Crippen LogP contribution in [0.4, 0.5) is 0 Å². The molecule has 0 spiro atoms. The summed E-state index contributed by atoms with van der Waals surface area (Å²) < 4.78 is 11.8. The maximum atomic E-state index is 5.98. The van der Waals surface area contributed by atoms with E-state index in [1.807, 2.05) is 37.3 Å². The van der Waals surface area contributed by atoms with E-state index >= 15 is 0 Å². The minimum atomic E-state index is 0. The first-order valence-corrected chi connectivity index (χ1v) is 9.99. The molecule has 7 heteroatoms. The molecule has 2 aromatic carbocycles. The molecule has 0 fully saturated rings. The van der Waals surface area contributed by atoms with Gasteiger partial charge in [0.15, 0.2) is 11.7 Å². The SMILES string of the molecule is CCNC(=NCc1ncc(-c2ccc(C)cc2)o1)NCC1Cc2ccccc2O1.I. The van der Waals surface area contributed by atoms with Gasteiger partial charge < -0.3 is 19.8 Å². The van der Waals surface area contributed by atoms with Crippen LogP contribution < -0.4 is 15.4 Å². The van der Waals surface area contributed by atoms with Crippen molar-refractivity contribution >= 4 is 29.9 Å². The van der Waals surface area contributed by atoms with E-state index in [1.54, 1.807) is 6.20 Å². The van der Waals surface area contributed by atoms with Gasteiger partial charge in [-0.05, 0) is 25.5 Å². The van der Waals surface area contributed by atoms with Crippen molar-refractivity contribution in [2.75, 3.05) is 13.1 Å². The largest absolute Gasteiger partial charge is 0.488 e. The second-order valence-electron chi connectivity index (χ2n) is 7.11. The van der Waals surface area contributed by atoms with E-state index in [9.17, 15) is 0 Å². The highest BCUT2D eigenvalue weighted by Gasteiger charge is 2.22. The van der Waals surface area contributed by atoms with Crippen molar-refractivity contribution < 1.29 is 9.15 Å². The summed E-state index contributed by atoms with van der Waals surface area (Å²) in [6, 6.07) is 16.4. The number of aliphatic imine (C=N–C) groups is 1. The van der Waals surface area contributed by atoms with Crippen molar-refractivity contribution in [3.05, 3.63) is 71.7 Å². The predicted molar refractivity (Wildman–Crippen MR) is 129 cm³/mol. The summed E-state index contributed by atoms with van der Waals surface area (Å²) in [6.45, 7) is 5.93. The fourth-order valence-electron chi connectivity index (χ4n) is 3.30. The van der Waals surface area contributed by atoms with Crippen LogP contribution in [0.1, 0.15) is 23.9 Å². The molecule has 1 aliphatic heterocycles. The van der Waals surface area contributed by atoms with Crippen molar-refractivity contribution in [3.63, 3.8) is 0 Å². The third-order valence-electron chi connectivity index (χ3n) is 4.82. The number of hydrogen-bond donors (Lipinski definition) is 2. The fraction of sp³-hybridized carbons (Fsp3) is 0.304. The van der Waals surface area contributed by atoms with Crippen LogP contribution in [-0.4, -0.2) is 30.1 Å². The minimum absolute atomic E-state index is 0. The van der Waals surface area contributed by atoms with Crippen molar-refractivity contribution in [1.82, 2.24) is 15.6 Å². The number of nitrogens with zero attached hydrogens (tertiary/aromatic N) is 2. The summed E-state index contributed by atoms with van der Waals surface area (Å²) in [7, 11) is 0. The zero-order valence-corrected chi connectivity index (χ0v) is 19.6. The van der Waals surface area contributed by atoms with Crippen molar-refractivity contribution in [2.24, 2.45) is 4.99 Å². The lowest BCUT2D eigenvalue weighted by Crippen LogP contribution is -2.42. The molecule has 1 aliphatic rings. The molecule has 30 heavy (non-hydrogen) atoms. The van der Waals surface area contributed by atoms with Gasteiger partial charge in [0.25, 0.3) is 0 Å². The van der Waals surface area contributed by atoms with Crippen LogP contribution >= 0.6 is 24.0 Å². The van der Waals surface area contributed by atoms with Gasteiger partial charge in [-0.3, -0.25) is 0 Å². The highest BCUT2D eigenvalue weighted by atomic mass is 127. The number of rotatable bonds is 6. The average molecular weight is 518 g/mol. The molecule has 0 aliphatic carbocycles. The minimum Gasteiger partial charge on any atom is -0.488 e. The van der Waals surface area contributed by atoms with Crippen LogP contribution in [0.3, 0.4) is 0 Å². The molecule has 1 atom stereocenters. The lowest BCUT2D eigenvalue weighted by Gasteiger charge is -2.15. The van der Waals surface area contributed by atoms with Crippen LogP contribution in [-0.2, 0) is 13.0 Å². The highest BCUT2D eigenvalue weighted by molar-refractivity contribution is 14.0. The molecular weight excluding hydrogens is 491 g/mol. The molecule has 2 heterocycles. The number of nitrogens with one attached hydrogen (secondary N) is 2. The number of benzene rings is 2. The van der Waals surface area contributed by atoms with Crippen LogP contribution in [0.15, 0.2) is 64.1 Å². The van der Waals surface area contributed by atoms with Crippen LogP contribution in [0.25, 0.3) is 11.3 Å². The third kappa shape index (κ3) is 5.53. The molecule has 0 saturated heterocycles. The van der Waals surface area contributed by atoms with E-state index in [-0.39, 0.29) is 30.1 Å². The summed E-state index contributed by atoms with van der Waals surface area (Å²) in [6.07, 6.45) is 2.76. The molecule has 0 radical (unpaired) electrons. The highest BCUT2D eigenvalue weighted by Crippen LogP contribution is 2.27. The molecule has 0 amide bonds. The summed E-state index contributed by atoms with van der Waals surface area (Å²) in [5, 5.41) is 6.61. The van der Waals surface area contributed by atoms with Crippen LogP contribution in [0.5, 0.6) is 5.75 Å². The fourth-order valence-corrected chi connectivity index (χ4v) is 3.30. The van der Waals surface area contributed by atoms with Gasteiger partial charge in [-0.25, -0.2) is 9.98 Å². The van der Waals surface area contributed by atoms with E-state index in [2.05, 4.69) is 45.7 Å². The number of para-hydroxylation sites is 1. The maximum absolute atomic E-state index is 5.98. The molecular formula is C23H27IN4O2. The Morgan fingerprint density at radius 3 is 2.70 bits per heavy atom. The Labute approximate surface area is 194 Å². The van der Waals surface area contributed by atoms with E-state index in [1.165, 1.54) is 11.1 Å². The Morgan fingerprint density at radius 1 is 1.13 bits per heavy atom. The molecule has 4 rings (SSSR count). The third-order valence-corrected chi connectivity index (χ3v) is 4.82. The number of oxazole rings is 1. The second-order valence-corrected chi connectivity index (χ2v) is 7.11. The van der Waals surface area contributed by atoms with Gasteiger partial charge in [0.05, 0.1) is 12.7 Å². The number of fused-ring (bicyclic) bond motifs is 1. The summed E-state index contributed by atoms with van der Waals surface area (Å²) in [5.41, 5.74) is 3.49. The van der Waals surface area contributed by atoms with Crippen LogP contribution in [0.2, 0.25) is 0 Å². The first kappa shape index (κ1) is 22.1. The van der Waals surface area contributed by atoms with Gasteiger partial charge in [-0.15, -0.1) is 24.0 Å². The van der Waals surface area contributed by atoms with E-state index in [0.29, 0.717) is 19.0 Å². The Balaban J connectivity index is 0.00000256. The summed E-state index contributed by atoms with van der Waals surface area (Å²) in [4.78, 5) is 8.96. The number of hydrogen-bond acceptors (Lipinski definition) is 4. The number of ether oxygens (including phenoxy) is 1. The summed E-state index contributed by atoms with van der Waals surface area (Å²) >= 11 is 0.